The highest BCUT2D eigenvalue weighted by Gasteiger charge is 2.49. The molecule has 2 unspecified atom stereocenters. The third kappa shape index (κ3) is 9.19. The molecule has 0 saturated carbocycles. The molecule has 0 spiro atoms. The van der Waals surface area contributed by atoms with E-state index in [4.69, 9.17) is 37.8 Å². The van der Waals surface area contributed by atoms with Crippen molar-refractivity contribution < 1.29 is 70.7 Å². The molecule has 16 nitrogen and oxygen atoms in total. The summed E-state index contributed by atoms with van der Waals surface area (Å²) in [6.07, 6.45) is -4.17. The first-order chi connectivity index (χ1) is 13.6. The third-order valence-corrected chi connectivity index (χ3v) is 4.19. The van der Waals surface area contributed by atoms with E-state index in [1.807, 2.05) is 0 Å². The molecular weight excluding hydrogens is 458 g/mol. The molecule has 1 aliphatic rings. The Morgan fingerprint density at radius 1 is 1.00 bits per heavy atom. The lowest BCUT2D eigenvalue weighted by Crippen LogP contribution is -2.65. The summed E-state index contributed by atoms with van der Waals surface area (Å²) in [7, 11) is 1.31. The van der Waals surface area contributed by atoms with Gasteiger partial charge in [-0.3, -0.25) is 17.3 Å². The van der Waals surface area contributed by atoms with Gasteiger partial charge in [0.25, 0.3) is 0 Å². The van der Waals surface area contributed by atoms with Crippen LogP contribution < -0.4 is 5.32 Å². The highest BCUT2D eigenvalue weighted by atomic mass is 32.2. The van der Waals surface area contributed by atoms with Crippen molar-refractivity contribution in [2.24, 2.45) is 0 Å². The number of hydrogen-bond donors (Lipinski definition) is 4. The minimum atomic E-state index is -1.09. The van der Waals surface area contributed by atoms with E-state index in [0.717, 1.165) is 0 Å². The lowest BCUT2D eigenvalue weighted by molar-refractivity contribution is -0.436. The van der Waals surface area contributed by atoms with E-state index in [1.165, 1.54) is 14.0 Å². The molecule has 0 radical (unpaired) electrons. The maximum absolute atomic E-state index is 11.6. The molecule has 1 fully saturated rings. The summed E-state index contributed by atoms with van der Waals surface area (Å²) in [6.45, 7) is 1.00. The van der Waals surface area contributed by atoms with Crippen molar-refractivity contribution in [2.45, 2.75) is 37.6 Å². The van der Waals surface area contributed by atoms with Gasteiger partial charge in [-0.2, -0.15) is 0 Å². The molecule has 0 aliphatic carbocycles. The summed E-state index contributed by atoms with van der Waals surface area (Å²) in [5.41, 5.74) is 0. The number of methoxy groups -OCH3 is 1. The fraction of sp³-hybridized carbons (Fsp3) is 0.889. The quantitative estimate of drug-likeness (QED) is 0.111. The summed E-state index contributed by atoms with van der Waals surface area (Å²) in [5, 5.41) is 37.4. The van der Waals surface area contributed by atoms with Crippen molar-refractivity contribution in [2.75, 3.05) is 13.7 Å². The monoisotopic (exact) mass is 475 g/mol. The second-order valence-corrected chi connectivity index (χ2v) is 5.98. The molecule has 4 N–H and O–H groups in total. The van der Waals surface area contributed by atoms with Gasteiger partial charge >= 0.3 is 0 Å². The lowest BCUT2D eigenvalue weighted by atomic mass is 9.97. The summed E-state index contributed by atoms with van der Waals surface area (Å²) < 4.78 is 39.0. The van der Waals surface area contributed by atoms with Crippen LogP contribution in [0.5, 0.6) is 0 Å². The smallest absolute Gasteiger partial charge is 0.217 e. The van der Waals surface area contributed by atoms with E-state index in [1.54, 1.807) is 0 Å². The van der Waals surface area contributed by atoms with Crippen LogP contribution in [-0.2, 0) is 54.9 Å². The summed E-state index contributed by atoms with van der Waals surface area (Å²) in [6, 6.07) is -0.945. The van der Waals surface area contributed by atoms with Crippen molar-refractivity contribution in [3.05, 3.63) is 0 Å². The molecular formula is C9H17NO15S3. The second-order valence-electron chi connectivity index (χ2n) is 4.54. The summed E-state index contributed by atoms with van der Waals surface area (Å²) in [4.78, 5) is 11.6. The highest BCUT2D eigenvalue weighted by molar-refractivity contribution is 7.90. The SMILES string of the molecule is CO[C@H]1OC(COSOOO)[C@@H](OSOOO)[C@H](OSOOO)C1NC(C)=O. The molecule has 0 aromatic heterocycles. The van der Waals surface area contributed by atoms with Gasteiger partial charge in [0.05, 0.1) is 6.61 Å². The molecule has 1 aliphatic heterocycles. The third-order valence-electron chi connectivity index (χ3n) is 3.00. The number of ether oxygens (including phenoxy) is 2. The Kier molecular flexibility index (Phi) is 14.6. The number of rotatable bonds is 15. The highest BCUT2D eigenvalue weighted by Crippen LogP contribution is 2.32. The normalized spacial score (nSPS) is 27.7. The standard InChI is InChI=1S/C9H17NO15S3/c1-4(11)10-6-8(19-28-25-22-14)7(18-27-24-21-13)5(17-9(6)15-2)3-16-26-23-20-12/h5-9,12-14H,3H2,1-2H3,(H,10,11)/t5?,6?,7-,8-,9+/m1/s1. The van der Waals surface area contributed by atoms with Crippen molar-refractivity contribution in [3.8, 4) is 0 Å². The Balaban J connectivity index is 2.97. The fourth-order valence-corrected chi connectivity index (χ4v) is 3.14. The zero-order chi connectivity index (χ0) is 20.8. The first kappa shape index (κ1) is 26.0. The van der Waals surface area contributed by atoms with E-state index in [0.29, 0.717) is 0 Å². The summed E-state index contributed by atoms with van der Waals surface area (Å²) >= 11 is 0.692. The average Bonchev–Trinajstić information content (AvgIpc) is 2.67. The van der Waals surface area contributed by atoms with Crippen LogP contribution in [0.2, 0.25) is 0 Å². The van der Waals surface area contributed by atoms with Crippen LogP contribution in [0.25, 0.3) is 0 Å². The van der Waals surface area contributed by atoms with Crippen LogP contribution in [0.15, 0.2) is 0 Å². The molecule has 5 atom stereocenters. The summed E-state index contributed by atoms with van der Waals surface area (Å²) in [5.74, 6) is -0.450. The van der Waals surface area contributed by atoms with Crippen molar-refractivity contribution in [3.63, 3.8) is 0 Å². The fourth-order valence-electron chi connectivity index (χ4n) is 2.13. The van der Waals surface area contributed by atoms with Gasteiger partial charge in [0, 0.05) is 14.0 Å². The van der Waals surface area contributed by atoms with Crippen LogP contribution in [-0.4, -0.2) is 66.0 Å². The average molecular weight is 475 g/mol. The van der Waals surface area contributed by atoms with Gasteiger partial charge in [0.15, 0.2) is 43.3 Å². The van der Waals surface area contributed by atoms with Crippen LogP contribution in [0.3, 0.4) is 0 Å². The number of nitrogens with one attached hydrogen (secondary N) is 1. The number of carbonyl (C=O) groups is 1. The van der Waals surface area contributed by atoms with Crippen LogP contribution >= 0.6 is 37.0 Å². The van der Waals surface area contributed by atoms with Gasteiger partial charge in [-0.25, -0.2) is 15.8 Å². The Hall–Kier alpha value is -0.0400. The Labute approximate surface area is 170 Å². The molecule has 28 heavy (non-hydrogen) atoms. The van der Waals surface area contributed by atoms with Crippen molar-refractivity contribution >= 4 is 42.9 Å². The van der Waals surface area contributed by atoms with Gasteiger partial charge in [0.1, 0.15) is 24.4 Å². The molecule has 1 amide bonds. The molecule has 0 bridgehead atoms. The van der Waals surface area contributed by atoms with Crippen molar-refractivity contribution in [1.82, 2.24) is 5.32 Å². The molecule has 1 heterocycles. The molecule has 0 aromatic rings. The van der Waals surface area contributed by atoms with E-state index in [9.17, 15) is 4.79 Å². The van der Waals surface area contributed by atoms with E-state index in [2.05, 4.69) is 33.4 Å². The zero-order valence-corrected chi connectivity index (χ0v) is 16.5. The number of carbonyl (C=O) groups excluding carboxylic acids is 1. The number of amides is 1. The second kappa shape index (κ2) is 15.8. The minimum absolute atomic E-state index is 0.205. The van der Waals surface area contributed by atoms with E-state index in [-0.39, 0.29) is 43.6 Å². The van der Waals surface area contributed by atoms with Crippen LogP contribution in [0.4, 0.5) is 0 Å². The van der Waals surface area contributed by atoms with Crippen LogP contribution in [0, 0.1) is 0 Å². The first-order valence-corrected chi connectivity index (χ1v) is 8.91. The minimum Gasteiger partial charge on any atom is -0.354 e. The molecule has 166 valence electrons. The largest absolute Gasteiger partial charge is 0.354 e. The van der Waals surface area contributed by atoms with Gasteiger partial charge in [-0.15, -0.1) is 13.0 Å². The lowest BCUT2D eigenvalue weighted by Gasteiger charge is -2.44. The Morgan fingerprint density at radius 2 is 1.57 bits per heavy atom. The Morgan fingerprint density at radius 3 is 2.11 bits per heavy atom. The maximum Gasteiger partial charge on any atom is 0.217 e. The van der Waals surface area contributed by atoms with Crippen LogP contribution in [0.1, 0.15) is 6.92 Å². The molecule has 1 rings (SSSR count). The molecule has 0 aromatic carbocycles. The topological polar surface area (TPSA) is 191 Å². The van der Waals surface area contributed by atoms with Gasteiger partial charge < -0.3 is 14.8 Å². The number of hydrogen-bond acceptors (Lipinski definition) is 18. The predicted octanol–water partition coefficient (Wildman–Crippen LogP) is 0.603. The van der Waals surface area contributed by atoms with E-state index >= 15 is 0 Å². The zero-order valence-electron chi connectivity index (χ0n) is 14.1. The molecule has 19 heteroatoms. The predicted molar refractivity (Wildman–Crippen MR) is 86.1 cm³/mol. The van der Waals surface area contributed by atoms with Gasteiger partial charge in [0.2, 0.25) is 5.91 Å². The Bertz CT molecular complexity index is 424. The van der Waals surface area contributed by atoms with Crippen molar-refractivity contribution in [1.29, 1.82) is 0 Å². The molecule has 1 saturated heterocycles. The van der Waals surface area contributed by atoms with E-state index < -0.39 is 36.6 Å². The van der Waals surface area contributed by atoms with Gasteiger partial charge in [-0.05, 0) is 0 Å². The maximum atomic E-state index is 11.6. The van der Waals surface area contributed by atoms with Gasteiger partial charge in [-0.1, -0.05) is 15.1 Å². The first-order valence-electron chi connectivity index (χ1n) is 6.91.